The molecule has 1 amide bonds. The van der Waals surface area contributed by atoms with Gasteiger partial charge < -0.3 is 34.8 Å². The van der Waals surface area contributed by atoms with Crippen LogP contribution in [0, 0.1) is 11.8 Å². The summed E-state index contributed by atoms with van der Waals surface area (Å²) in [4.78, 5) is 11.6. The fourth-order valence-corrected chi connectivity index (χ4v) is 5.05. The molecule has 1 aliphatic carbocycles. The lowest BCUT2D eigenvalue weighted by Gasteiger charge is -2.44. The van der Waals surface area contributed by atoms with E-state index in [4.69, 9.17) is 14.2 Å². The van der Waals surface area contributed by atoms with Crippen molar-refractivity contribution in [1.82, 2.24) is 5.32 Å². The van der Waals surface area contributed by atoms with Gasteiger partial charge in [-0.3, -0.25) is 4.79 Å². The van der Waals surface area contributed by atoms with Gasteiger partial charge in [0.2, 0.25) is 5.91 Å². The van der Waals surface area contributed by atoms with Crippen LogP contribution in [0.5, 0.6) is 0 Å². The highest BCUT2D eigenvalue weighted by Gasteiger charge is 2.46. The van der Waals surface area contributed by atoms with E-state index >= 15 is 0 Å². The predicted molar refractivity (Wildman–Crippen MR) is 109 cm³/mol. The topological polar surface area (TPSA) is 117 Å². The van der Waals surface area contributed by atoms with Gasteiger partial charge in [0.1, 0.15) is 24.4 Å². The second-order valence-corrected chi connectivity index (χ2v) is 9.27. The van der Waals surface area contributed by atoms with Crippen molar-refractivity contribution in [3.63, 3.8) is 0 Å². The van der Waals surface area contributed by atoms with E-state index in [2.05, 4.69) is 25.2 Å². The first-order valence-corrected chi connectivity index (χ1v) is 11.1. The van der Waals surface area contributed by atoms with Crippen molar-refractivity contribution in [2.75, 3.05) is 6.61 Å². The minimum Gasteiger partial charge on any atom is -0.394 e. The molecular formula is C22H37NO7. The number of nitrogens with one attached hydrogen (secondary N) is 1. The van der Waals surface area contributed by atoms with Gasteiger partial charge in [-0.1, -0.05) is 18.6 Å². The van der Waals surface area contributed by atoms with E-state index < -0.39 is 37.3 Å². The first-order chi connectivity index (χ1) is 14.2. The Morgan fingerprint density at radius 1 is 1.33 bits per heavy atom. The number of aliphatic hydroxyl groups is 3. The molecule has 2 fully saturated rings. The molecule has 0 aromatic carbocycles. The van der Waals surface area contributed by atoms with Gasteiger partial charge in [-0.25, -0.2) is 0 Å². The molecule has 2 saturated heterocycles. The molecule has 0 bridgehead atoms. The number of hydrogen-bond donors (Lipinski definition) is 4. The van der Waals surface area contributed by atoms with Crippen LogP contribution in [-0.2, 0) is 19.0 Å². The van der Waals surface area contributed by atoms with Gasteiger partial charge in [-0.05, 0) is 51.4 Å². The molecule has 0 aromatic heterocycles. The minimum absolute atomic E-state index is 0.0466. The Labute approximate surface area is 178 Å². The van der Waals surface area contributed by atoms with Crippen molar-refractivity contribution in [1.29, 1.82) is 0 Å². The van der Waals surface area contributed by atoms with Crippen LogP contribution in [0.4, 0.5) is 0 Å². The lowest BCUT2D eigenvalue weighted by atomic mass is 9.75. The van der Waals surface area contributed by atoms with E-state index in [1.54, 1.807) is 0 Å². The number of aliphatic hydroxyl groups excluding tert-OH is 3. The smallest absolute Gasteiger partial charge is 0.217 e. The number of amides is 1. The molecule has 0 unspecified atom stereocenters. The number of fused-ring (bicyclic) bond motifs is 1. The summed E-state index contributed by atoms with van der Waals surface area (Å²) in [6, 6.07) is -0.928. The summed E-state index contributed by atoms with van der Waals surface area (Å²) in [6.07, 6.45) is 1.51. The summed E-state index contributed by atoms with van der Waals surface area (Å²) in [5.74, 6) is 0.765. The van der Waals surface area contributed by atoms with Crippen LogP contribution in [0.1, 0.15) is 53.4 Å². The summed E-state index contributed by atoms with van der Waals surface area (Å²) in [5, 5.41) is 32.6. The van der Waals surface area contributed by atoms with Crippen molar-refractivity contribution in [2.45, 2.75) is 102 Å². The highest BCUT2D eigenvalue weighted by Crippen LogP contribution is 2.39. The molecule has 3 aliphatic rings. The maximum atomic E-state index is 11.6. The Hall–Kier alpha value is -1.03. The third-order valence-electron chi connectivity index (χ3n) is 6.67. The Morgan fingerprint density at radius 2 is 2.07 bits per heavy atom. The average Bonchev–Trinajstić information content (AvgIpc) is 2.66. The van der Waals surface area contributed by atoms with Crippen molar-refractivity contribution < 1.29 is 34.3 Å². The van der Waals surface area contributed by atoms with E-state index in [0.717, 1.165) is 12.8 Å². The molecule has 8 heteroatoms. The maximum Gasteiger partial charge on any atom is 0.217 e. The number of carbonyl (C=O) groups is 1. The molecule has 172 valence electrons. The van der Waals surface area contributed by atoms with Crippen LogP contribution in [0.3, 0.4) is 0 Å². The van der Waals surface area contributed by atoms with Crippen LogP contribution < -0.4 is 5.32 Å². The monoisotopic (exact) mass is 427 g/mol. The van der Waals surface area contributed by atoms with Crippen molar-refractivity contribution in [2.24, 2.45) is 11.8 Å². The quantitative estimate of drug-likeness (QED) is 0.465. The summed E-state index contributed by atoms with van der Waals surface area (Å²) in [6.45, 7) is 7.21. The van der Waals surface area contributed by atoms with Crippen LogP contribution >= 0.6 is 0 Å². The molecule has 0 radical (unpaired) electrons. The first kappa shape index (κ1) is 23.6. The Bertz CT molecular complexity index is 627. The Morgan fingerprint density at radius 3 is 2.73 bits per heavy atom. The fourth-order valence-electron chi connectivity index (χ4n) is 5.05. The van der Waals surface area contributed by atoms with Gasteiger partial charge >= 0.3 is 0 Å². The first-order valence-electron chi connectivity index (χ1n) is 11.1. The molecule has 0 aromatic rings. The zero-order valence-corrected chi connectivity index (χ0v) is 18.4. The van der Waals surface area contributed by atoms with E-state index in [0.29, 0.717) is 18.3 Å². The second-order valence-electron chi connectivity index (χ2n) is 9.27. The summed E-state index contributed by atoms with van der Waals surface area (Å²) < 4.78 is 18.1. The van der Waals surface area contributed by atoms with E-state index in [9.17, 15) is 20.1 Å². The van der Waals surface area contributed by atoms with E-state index in [1.807, 2.05) is 6.92 Å². The highest BCUT2D eigenvalue weighted by molar-refractivity contribution is 5.73. The number of hydrogen-bond acceptors (Lipinski definition) is 7. The Balaban J connectivity index is 1.62. The second kappa shape index (κ2) is 10.1. The lowest BCUT2D eigenvalue weighted by Crippen LogP contribution is -2.65. The molecule has 2 aliphatic heterocycles. The fraction of sp³-hybridized carbons (Fsp3) is 0.864. The van der Waals surface area contributed by atoms with Gasteiger partial charge in [0, 0.05) is 6.92 Å². The van der Waals surface area contributed by atoms with Crippen LogP contribution in [0.2, 0.25) is 0 Å². The third-order valence-corrected chi connectivity index (χ3v) is 6.67. The Kier molecular flexibility index (Phi) is 7.92. The summed E-state index contributed by atoms with van der Waals surface area (Å²) >= 11 is 0. The predicted octanol–water partition coefficient (Wildman–Crippen LogP) is 0.875. The molecule has 0 saturated carbocycles. The molecule has 30 heavy (non-hydrogen) atoms. The zero-order chi connectivity index (χ0) is 22.0. The van der Waals surface area contributed by atoms with Crippen LogP contribution in [0.15, 0.2) is 11.6 Å². The SMILES string of the molecule is CC(=O)N[C@H]1[C@@H](O[C@@H](C)C[C@@H]2C[C@H](C)[C@H]3CCC(C)=C[C@H]3O2)O[C@H](CO)[C@@H](O)[C@@H]1O. The van der Waals surface area contributed by atoms with Crippen molar-refractivity contribution in [3.05, 3.63) is 11.6 Å². The summed E-state index contributed by atoms with van der Waals surface area (Å²) in [5.41, 5.74) is 1.38. The van der Waals surface area contributed by atoms with Crippen LogP contribution in [-0.4, -0.2) is 76.8 Å². The minimum atomic E-state index is -1.32. The summed E-state index contributed by atoms with van der Waals surface area (Å²) in [7, 11) is 0. The lowest BCUT2D eigenvalue weighted by molar-refractivity contribution is -0.283. The molecule has 4 N–H and O–H groups in total. The van der Waals surface area contributed by atoms with Crippen LogP contribution in [0.25, 0.3) is 0 Å². The van der Waals surface area contributed by atoms with E-state index in [1.165, 1.54) is 18.9 Å². The molecule has 3 rings (SSSR count). The molecule has 8 nitrogen and oxygen atoms in total. The van der Waals surface area contributed by atoms with Crippen molar-refractivity contribution >= 4 is 5.91 Å². The number of rotatable bonds is 6. The largest absolute Gasteiger partial charge is 0.394 e. The molecular weight excluding hydrogens is 390 g/mol. The van der Waals surface area contributed by atoms with Gasteiger partial charge in [-0.2, -0.15) is 0 Å². The van der Waals surface area contributed by atoms with Crippen molar-refractivity contribution in [3.8, 4) is 0 Å². The number of ether oxygens (including phenoxy) is 3. The normalized spacial score (nSPS) is 42.8. The maximum absolute atomic E-state index is 11.6. The van der Waals surface area contributed by atoms with Gasteiger partial charge in [-0.15, -0.1) is 0 Å². The van der Waals surface area contributed by atoms with Gasteiger partial charge in [0.15, 0.2) is 6.29 Å². The van der Waals surface area contributed by atoms with Gasteiger partial charge in [0.05, 0.1) is 24.9 Å². The number of carbonyl (C=O) groups excluding carboxylic acids is 1. The van der Waals surface area contributed by atoms with Gasteiger partial charge in [0.25, 0.3) is 0 Å². The standard InChI is InChI=1S/C22H37NO7/c1-11-5-6-16-12(2)8-15(29-17(16)7-11)9-13(3)28-22-19(23-14(4)25)21(27)20(26)18(10-24)30-22/h7,12-13,15-22,24,26-27H,5-6,8-10H2,1-4H3,(H,23,25)/t12-,13-,15-,16+,17+,18+,19+,20+,21+,22-/m0/s1. The molecule has 0 spiro atoms. The zero-order valence-electron chi connectivity index (χ0n) is 18.4. The highest BCUT2D eigenvalue weighted by atomic mass is 16.7. The third kappa shape index (κ3) is 5.41. The average molecular weight is 428 g/mol. The van der Waals surface area contributed by atoms with E-state index in [-0.39, 0.29) is 24.2 Å². The molecule has 2 heterocycles. The number of allylic oxidation sites excluding steroid dienone is 1. The molecule has 10 atom stereocenters.